The molecule has 1 saturated heterocycles. The average molecular weight is 458 g/mol. The van der Waals surface area contributed by atoms with E-state index in [-0.39, 0.29) is 11.7 Å². The number of anilines is 1. The molecule has 33 heavy (non-hydrogen) atoms. The molecule has 0 bridgehead atoms. The van der Waals surface area contributed by atoms with Crippen LogP contribution in [0.3, 0.4) is 0 Å². The minimum absolute atomic E-state index is 0.0427. The molecule has 0 atom stereocenters. The van der Waals surface area contributed by atoms with Gasteiger partial charge in [-0.25, -0.2) is 9.97 Å². The predicted molar refractivity (Wildman–Crippen MR) is 120 cm³/mol. The molecule has 3 aliphatic rings. The zero-order valence-electron chi connectivity index (χ0n) is 18.6. The van der Waals surface area contributed by atoms with Gasteiger partial charge in [0.2, 0.25) is 5.95 Å². The van der Waals surface area contributed by atoms with Crippen molar-refractivity contribution in [1.29, 1.82) is 0 Å². The summed E-state index contributed by atoms with van der Waals surface area (Å²) in [6.45, 7) is 2.28. The van der Waals surface area contributed by atoms with E-state index in [0.29, 0.717) is 31.5 Å². The van der Waals surface area contributed by atoms with E-state index in [2.05, 4.69) is 19.5 Å². The normalized spacial score (nSPS) is 19.7. The Bertz CT molecular complexity index is 975. The summed E-state index contributed by atoms with van der Waals surface area (Å²) in [6, 6.07) is 6.62. The summed E-state index contributed by atoms with van der Waals surface area (Å²) >= 11 is 0. The third kappa shape index (κ3) is 4.93. The first kappa shape index (κ1) is 22.0. The van der Waals surface area contributed by atoms with Crippen LogP contribution >= 0.6 is 0 Å². The molecule has 0 N–H and O–H groups in total. The molecule has 9 heteroatoms. The molecule has 5 rings (SSSR count). The molecule has 2 fully saturated rings. The van der Waals surface area contributed by atoms with Crippen molar-refractivity contribution in [3.8, 4) is 5.75 Å². The van der Waals surface area contributed by atoms with E-state index in [9.17, 15) is 13.6 Å². The second-order valence-electron chi connectivity index (χ2n) is 8.94. The van der Waals surface area contributed by atoms with Crippen LogP contribution in [-0.4, -0.2) is 77.6 Å². The molecular formula is C24H29F2N5O2. The summed E-state index contributed by atoms with van der Waals surface area (Å²) < 4.78 is 29.1. The summed E-state index contributed by atoms with van der Waals surface area (Å²) in [4.78, 5) is 29.1. The maximum Gasteiger partial charge on any atom is 0.387 e. The van der Waals surface area contributed by atoms with E-state index < -0.39 is 6.61 Å². The van der Waals surface area contributed by atoms with Gasteiger partial charge >= 0.3 is 6.61 Å². The molecular weight excluding hydrogens is 428 g/mol. The first-order chi connectivity index (χ1) is 16.1. The number of ether oxygens (including phenoxy) is 1. The third-order valence-electron chi connectivity index (χ3n) is 7.01. The van der Waals surface area contributed by atoms with Crippen LogP contribution in [0.1, 0.15) is 40.9 Å². The third-order valence-corrected chi connectivity index (χ3v) is 7.01. The second kappa shape index (κ2) is 9.59. The van der Waals surface area contributed by atoms with E-state index in [1.807, 2.05) is 6.20 Å². The van der Waals surface area contributed by atoms with Gasteiger partial charge in [-0.05, 0) is 49.1 Å². The van der Waals surface area contributed by atoms with Crippen LogP contribution in [0.2, 0.25) is 0 Å². The number of fused-ring (bicyclic) bond motifs is 1. The van der Waals surface area contributed by atoms with Gasteiger partial charge < -0.3 is 14.5 Å². The van der Waals surface area contributed by atoms with Crippen molar-refractivity contribution in [3.05, 3.63) is 47.3 Å². The Morgan fingerprint density at radius 3 is 2.39 bits per heavy atom. The monoisotopic (exact) mass is 457 g/mol. The molecule has 176 valence electrons. The standard InChI is InChI=1S/C24H29F2N5O2/c25-23(26)33-20-6-4-17(5-7-20)22(32)30-10-8-18-16-27-24(28-21(18)9-11-30)31-14-12-29(13-15-31)19-2-1-3-19/h4-7,16,19,23H,1-3,8-15H2. The van der Waals surface area contributed by atoms with E-state index in [0.717, 1.165) is 49.4 Å². The number of nitrogens with zero attached hydrogens (tertiary/aromatic N) is 5. The Morgan fingerprint density at radius 2 is 1.73 bits per heavy atom. The lowest BCUT2D eigenvalue weighted by Gasteiger charge is -2.43. The number of benzene rings is 1. The van der Waals surface area contributed by atoms with Crippen LogP contribution < -0.4 is 9.64 Å². The number of carbonyl (C=O) groups is 1. The van der Waals surface area contributed by atoms with Crippen molar-refractivity contribution in [2.45, 2.75) is 44.8 Å². The summed E-state index contributed by atoms with van der Waals surface area (Å²) in [5.41, 5.74) is 2.55. The van der Waals surface area contributed by atoms with Gasteiger partial charge in [-0.15, -0.1) is 0 Å². The second-order valence-corrected chi connectivity index (χ2v) is 8.94. The predicted octanol–water partition coefficient (Wildman–Crippen LogP) is 2.99. The molecule has 2 aromatic rings. The lowest BCUT2D eigenvalue weighted by Crippen LogP contribution is -2.52. The smallest absolute Gasteiger partial charge is 0.387 e. The lowest BCUT2D eigenvalue weighted by molar-refractivity contribution is -0.0498. The van der Waals surface area contributed by atoms with Crippen molar-refractivity contribution < 1.29 is 18.3 Å². The fraction of sp³-hybridized carbons (Fsp3) is 0.542. The van der Waals surface area contributed by atoms with Crippen LogP contribution in [0.5, 0.6) is 5.75 Å². The van der Waals surface area contributed by atoms with Gasteiger partial charge in [0.1, 0.15) is 5.75 Å². The maximum atomic E-state index is 13.0. The average Bonchev–Trinajstić information content (AvgIpc) is 3.00. The molecule has 0 unspecified atom stereocenters. The molecule has 2 aliphatic heterocycles. The summed E-state index contributed by atoms with van der Waals surface area (Å²) in [5, 5.41) is 0. The van der Waals surface area contributed by atoms with Crippen LogP contribution in [-0.2, 0) is 12.8 Å². The highest BCUT2D eigenvalue weighted by Crippen LogP contribution is 2.26. The Balaban J connectivity index is 1.20. The van der Waals surface area contributed by atoms with Gasteiger partial charge in [-0.1, -0.05) is 6.42 Å². The Hall–Kier alpha value is -2.81. The molecule has 1 aromatic heterocycles. The fourth-order valence-corrected chi connectivity index (χ4v) is 4.82. The maximum absolute atomic E-state index is 13.0. The van der Waals surface area contributed by atoms with Crippen molar-refractivity contribution in [2.75, 3.05) is 44.2 Å². The van der Waals surface area contributed by atoms with E-state index in [4.69, 9.17) is 4.98 Å². The summed E-state index contributed by atoms with van der Waals surface area (Å²) in [6.07, 6.45) is 7.31. The molecule has 1 amide bonds. The van der Waals surface area contributed by atoms with Gasteiger partial charge in [0.05, 0.1) is 5.69 Å². The Labute approximate surface area is 192 Å². The molecule has 1 aromatic carbocycles. The molecule has 1 aliphatic carbocycles. The van der Waals surface area contributed by atoms with Crippen LogP contribution in [0.15, 0.2) is 30.5 Å². The SMILES string of the molecule is O=C(c1ccc(OC(F)F)cc1)N1CCc2cnc(N3CCN(C4CCC4)CC3)nc2CC1. The largest absolute Gasteiger partial charge is 0.435 e. The number of hydrogen-bond donors (Lipinski definition) is 0. The lowest BCUT2D eigenvalue weighted by atomic mass is 9.91. The Morgan fingerprint density at radius 1 is 1.00 bits per heavy atom. The fourth-order valence-electron chi connectivity index (χ4n) is 4.82. The number of hydrogen-bond acceptors (Lipinski definition) is 6. The quantitative estimate of drug-likeness (QED) is 0.688. The molecule has 7 nitrogen and oxygen atoms in total. The first-order valence-corrected chi connectivity index (χ1v) is 11.7. The zero-order chi connectivity index (χ0) is 22.8. The minimum Gasteiger partial charge on any atom is -0.435 e. The highest BCUT2D eigenvalue weighted by Gasteiger charge is 2.29. The van der Waals surface area contributed by atoms with Gasteiger partial charge in [-0.3, -0.25) is 9.69 Å². The number of alkyl halides is 2. The van der Waals surface area contributed by atoms with Crippen molar-refractivity contribution >= 4 is 11.9 Å². The number of carbonyl (C=O) groups excluding carboxylic acids is 1. The molecule has 0 radical (unpaired) electrons. The van der Waals surface area contributed by atoms with Crippen LogP contribution in [0.4, 0.5) is 14.7 Å². The Kier molecular flexibility index (Phi) is 6.39. The summed E-state index contributed by atoms with van der Waals surface area (Å²) in [7, 11) is 0. The number of halogens is 2. The summed E-state index contributed by atoms with van der Waals surface area (Å²) in [5.74, 6) is 0.712. The molecule has 3 heterocycles. The van der Waals surface area contributed by atoms with Gasteiger partial charge in [0.15, 0.2) is 0 Å². The van der Waals surface area contributed by atoms with Crippen molar-refractivity contribution in [2.24, 2.45) is 0 Å². The minimum atomic E-state index is -2.88. The molecule has 0 spiro atoms. The number of amides is 1. The van der Waals surface area contributed by atoms with Crippen molar-refractivity contribution in [3.63, 3.8) is 0 Å². The number of aromatic nitrogens is 2. The van der Waals surface area contributed by atoms with Gasteiger partial charge in [0.25, 0.3) is 5.91 Å². The molecule has 1 saturated carbocycles. The van der Waals surface area contributed by atoms with Crippen LogP contribution in [0.25, 0.3) is 0 Å². The van der Waals surface area contributed by atoms with Crippen molar-refractivity contribution in [1.82, 2.24) is 19.8 Å². The van der Waals surface area contributed by atoms with E-state index >= 15 is 0 Å². The van der Waals surface area contributed by atoms with Gasteiger partial charge in [-0.2, -0.15) is 8.78 Å². The van der Waals surface area contributed by atoms with E-state index in [1.54, 1.807) is 4.90 Å². The topological polar surface area (TPSA) is 61.8 Å². The highest BCUT2D eigenvalue weighted by molar-refractivity contribution is 5.94. The first-order valence-electron chi connectivity index (χ1n) is 11.7. The number of rotatable bonds is 5. The number of piperazine rings is 1. The highest BCUT2D eigenvalue weighted by atomic mass is 19.3. The van der Waals surface area contributed by atoms with E-state index in [1.165, 1.54) is 43.5 Å². The van der Waals surface area contributed by atoms with Gasteiger partial charge in [0, 0.05) is 63.5 Å². The zero-order valence-corrected chi connectivity index (χ0v) is 18.6. The van der Waals surface area contributed by atoms with Crippen LogP contribution in [0, 0.1) is 0 Å².